The molecule has 0 bridgehead atoms. The van der Waals surface area contributed by atoms with E-state index in [9.17, 15) is 40.7 Å². The number of ether oxygens (including phenoxy) is 2. The van der Waals surface area contributed by atoms with Gasteiger partial charge < -0.3 is 19.9 Å². The smallest absolute Gasteiger partial charge is 0.416 e. The summed E-state index contributed by atoms with van der Waals surface area (Å²) in [4.78, 5) is 40.2. The Morgan fingerprint density at radius 2 is 1.59 bits per heavy atom. The van der Waals surface area contributed by atoms with Crippen molar-refractivity contribution in [3.63, 3.8) is 0 Å². The average molecular weight is 754 g/mol. The number of nitrogens with one attached hydrogen (secondary N) is 1. The first-order valence-electron chi connectivity index (χ1n) is 15.3. The number of aromatic carboxylic acids is 1. The molecule has 2 fully saturated rings. The number of nitrogens with zero attached hydrogens (tertiary/aromatic N) is 2. The normalized spacial score (nSPS) is 16.5. The van der Waals surface area contributed by atoms with E-state index in [0.717, 1.165) is 11.8 Å². The number of alkyl halides is 6. The van der Waals surface area contributed by atoms with Crippen LogP contribution in [0, 0.1) is 0 Å². The highest BCUT2D eigenvalue weighted by Gasteiger charge is 2.37. The molecule has 0 spiro atoms. The minimum absolute atomic E-state index is 0.0382. The van der Waals surface area contributed by atoms with Gasteiger partial charge in [-0.1, -0.05) is 30.0 Å². The zero-order valence-corrected chi connectivity index (χ0v) is 28.1. The summed E-state index contributed by atoms with van der Waals surface area (Å²) in [5.41, 5.74) is -2.74. The Hall–Kier alpha value is -4.45. The lowest BCUT2D eigenvalue weighted by Gasteiger charge is -2.26. The molecule has 2 heterocycles. The van der Waals surface area contributed by atoms with Gasteiger partial charge in [-0.05, 0) is 71.8 Å². The van der Waals surface area contributed by atoms with Crippen LogP contribution < -0.4 is 10.1 Å². The van der Waals surface area contributed by atoms with Crippen LogP contribution in [0.3, 0.4) is 0 Å². The van der Waals surface area contributed by atoms with E-state index in [0.29, 0.717) is 50.7 Å². The third-order valence-electron chi connectivity index (χ3n) is 7.82. The van der Waals surface area contributed by atoms with Crippen LogP contribution in [0.4, 0.5) is 32.0 Å². The van der Waals surface area contributed by atoms with Crippen LogP contribution in [0.25, 0.3) is 17.2 Å². The summed E-state index contributed by atoms with van der Waals surface area (Å²) in [6.07, 6.45) is -8.89. The number of halogens is 6. The molecule has 3 aromatic rings. The molecule has 2 aliphatic rings. The van der Waals surface area contributed by atoms with Crippen molar-refractivity contribution < 1.29 is 55.3 Å². The van der Waals surface area contributed by atoms with E-state index < -0.39 is 41.3 Å². The molecule has 5 rings (SSSR count). The predicted molar refractivity (Wildman–Crippen MR) is 181 cm³/mol. The van der Waals surface area contributed by atoms with E-state index in [4.69, 9.17) is 26.8 Å². The number of carboxylic acids is 1. The highest BCUT2D eigenvalue weighted by molar-refractivity contribution is 8.26. The second kappa shape index (κ2) is 15.8. The molecular formula is C34H29F6N3O6S2. The lowest BCUT2D eigenvalue weighted by atomic mass is 9.96. The average Bonchev–Trinajstić information content (AvgIpc) is 3.34. The van der Waals surface area contributed by atoms with Gasteiger partial charge in [0.05, 0.1) is 34.8 Å². The standard InChI is InChI=1S/C34H29F6N3O6S2/c35-33(36,37)23-17-22(18-24(19-23)34(38,39)40)26-15-20(1-6-27(26)49-14-11-42-9-12-48-13-10-42)16-28-30(45)43(32(50)51-28)8-7-29(44)41-25-4-2-21(3-5-25)31(46)47/h1-6,15-19H,7-14H2,(H,41,44)(H,46,47)/b28-16-. The van der Waals surface area contributed by atoms with E-state index in [2.05, 4.69) is 5.32 Å². The number of thiocarbonyl (C=S) groups is 1. The fourth-order valence-corrected chi connectivity index (χ4v) is 6.49. The number of thioether (sulfide) groups is 1. The lowest BCUT2D eigenvalue weighted by molar-refractivity contribution is -0.143. The summed E-state index contributed by atoms with van der Waals surface area (Å²) in [5.74, 6) is -2.09. The zero-order chi connectivity index (χ0) is 36.9. The molecule has 0 aliphatic carbocycles. The van der Waals surface area contributed by atoms with Crippen molar-refractivity contribution in [2.45, 2.75) is 18.8 Å². The Bertz CT molecular complexity index is 1810. The summed E-state index contributed by atoms with van der Waals surface area (Å²) >= 11 is 6.27. The van der Waals surface area contributed by atoms with Gasteiger partial charge in [0.1, 0.15) is 16.7 Å². The van der Waals surface area contributed by atoms with Crippen LogP contribution in [0.2, 0.25) is 0 Å². The number of morpholine rings is 1. The highest BCUT2D eigenvalue weighted by atomic mass is 32.2. The quantitative estimate of drug-likeness (QED) is 0.121. The van der Waals surface area contributed by atoms with Gasteiger partial charge in [0, 0.05) is 43.9 Å². The molecule has 2 aliphatic heterocycles. The largest absolute Gasteiger partial charge is 0.492 e. The number of carbonyl (C=O) groups excluding carboxylic acids is 2. The molecule has 9 nitrogen and oxygen atoms in total. The number of amides is 2. The summed E-state index contributed by atoms with van der Waals surface area (Å²) in [6, 6.07) is 11.0. The third kappa shape index (κ3) is 9.87. The molecule has 51 heavy (non-hydrogen) atoms. The van der Waals surface area contributed by atoms with Gasteiger partial charge >= 0.3 is 18.3 Å². The van der Waals surface area contributed by atoms with E-state index >= 15 is 0 Å². The lowest BCUT2D eigenvalue weighted by Crippen LogP contribution is -2.38. The number of hydrogen-bond acceptors (Lipinski definition) is 8. The van der Waals surface area contributed by atoms with Gasteiger partial charge in [-0.3, -0.25) is 19.4 Å². The number of carboxylic acid groups (broad SMARTS) is 1. The molecular weight excluding hydrogens is 725 g/mol. The number of rotatable bonds is 11. The fourth-order valence-electron chi connectivity index (χ4n) is 5.19. The SMILES string of the molecule is O=C(CCN1C(=O)/C(=C/c2ccc(OCCN3CCOCC3)c(-c3cc(C(F)(F)F)cc(C(F)(F)F)c3)c2)SC1=S)Nc1ccc(C(=O)O)cc1. The topological polar surface area (TPSA) is 108 Å². The van der Waals surface area contributed by atoms with E-state index in [1.807, 2.05) is 4.90 Å². The summed E-state index contributed by atoms with van der Waals surface area (Å²) in [6.45, 7) is 2.77. The first-order chi connectivity index (χ1) is 24.1. The number of anilines is 1. The Balaban J connectivity index is 1.38. The minimum atomic E-state index is -5.07. The first-order valence-corrected chi connectivity index (χ1v) is 16.6. The summed E-state index contributed by atoms with van der Waals surface area (Å²) in [5, 5.41) is 11.6. The van der Waals surface area contributed by atoms with Crippen molar-refractivity contribution in [1.29, 1.82) is 0 Å². The third-order valence-corrected chi connectivity index (χ3v) is 9.20. The van der Waals surface area contributed by atoms with Gasteiger partial charge in [0.2, 0.25) is 5.91 Å². The van der Waals surface area contributed by atoms with Crippen molar-refractivity contribution >= 4 is 57.8 Å². The zero-order valence-electron chi connectivity index (χ0n) is 26.5. The highest BCUT2D eigenvalue weighted by Crippen LogP contribution is 2.42. The predicted octanol–water partition coefficient (Wildman–Crippen LogP) is 7.03. The van der Waals surface area contributed by atoms with Crippen molar-refractivity contribution in [2.75, 3.05) is 51.3 Å². The van der Waals surface area contributed by atoms with Crippen LogP contribution >= 0.6 is 24.0 Å². The van der Waals surface area contributed by atoms with Gasteiger partial charge in [-0.2, -0.15) is 26.3 Å². The molecule has 0 saturated carbocycles. The number of benzene rings is 3. The maximum absolute atomic E-state index is 13.8. The fraction of sp³-hybridized carbons (Fsp3) is 0.294. The Morgan fingerprint density at radius 1 is 0.941 bits per heavy atom. The molecule has 0 aromatic heterocycles. The second-order valence-corrected chi connectivity index (χ2v) is 13.0. The van der Waals surface area contributed by atoms with Crippen molar-refractivity contribution in [1.82, 2.24) is 9.80 Å². The Kier molecular flexibility index (Phi) is 11.7. The van der Waals surface area contributed by atoms with Gasteiger partial charge in [0.25, 0.3) is 5.91 Å². The molecule has 2 amide bonds. The minimum Gasteiger partial charge on any atom is -0.492 e. The molecule has 2 N–H and O–H groups in total. The second-order valence-electron chi connectivity index (χ2n) is 11.4. The molecule has 17 heteroatoms. The van der Waals surface area contributed by atoms with E-state index in [-0.39, 0.29) is 62.9 Å². The van der Waals surface area contributed by atoms with Crippen LogP contribution in [0.5, 0.6) is 5.75 Å². The Morgan fingerprint density at radius 3 is 2.20 bits per heavy atom. The molecule has 3 aromatic carbocycles. The molecule has 2 saturated heterocycles. The van der Waals surface area contributed by atoms with Gasteiger partial charge in [0.15, 0.2) is 0 Å². The monoisotopic (exact) mass is 753 g/mol. The summed E-state index contributed by atoms with van der Waals surface area (Å²) in [7, 11) is 0. The van der Waals surface area contributed by atoms with Crippen molar-refractivity contribution in [3.05, 3.63) is 87.8 Å². The number of carbonyl (C=O) groups is 3. The first kappa shape index (κ1) is 37.8. The maximum atomic E-state index is 13.8. The Labute approximate surface area is 297 Å². The van der Waals surface area contributed by atoms with Crippen LogP contribution in [-0.4, -0.2) is 83.0 Å². The molecule has 0 unspecified atom stereocenters. The maximum Gasteiger partial charge on any atom is 0.416 e. The van der Waals surface area contributed by atoms with Crippen molar-refractivity contribution in [3.8, 4) is 16.9 Å². The van der Waals surface area contributed by atoms with Crippen LogP contribution in [0.15, 0.2) is 65.6 Å². The van der Waals surface area contributed by atoms with Gasteiger partial charge in [-0.15, -0.1) is 0 Å². The van der Waals surface area contributed by atoms with Crippen LogP contribution in [-0.2, 0) is 26.7 Å². The van der Waals surface area contributed by atoms with Gasteiger partial charge in [-0.25, -0.2) is 4.79 Å². The molecule has 0 radical (unpaired) electrons. The van der Waals surface area contributed by atoms with E-state index in [1.165, 1.54) is 53.4 Å². The van der Waals surface area contributed by atoms with Crippen LogP contribution in [0.1, 0.15) is 33.5 Å². The van der Waals surface area contributed by atoms with Crippen molar-refractivity contribution in [2.24, 2.45) is 0 Å². The molecule has 0 atom stereocenters. The molecule has 270 valence electrons. The van der Waals surface area contributed by atoms with E-state index in [1.54, 1.807) is 0 Å². The summed E-state index contributed by atoms with van der Waals surface area (Å²) < 4.78 is 94.0. The number of hydrogen-bond donors (Lipinski definition) is 2.